The van der Waals surface area contributed by atoms with Gasteiger partial charge in [-0.25, -0.2) is 0 Å². The maximum Gasteiger partial charge on any atom is 0.317 e. The quantitative estimate of drug-likeness (QED) is 0.691. The maximum atomic E-state index is 12.1. The van der Waals surface area contributed by atoms with Crippen LogP contribution in [-0.2, 0) is 9.59 Å². The van der Waals surface area contributed by atoms with Crippen LogP contribution in [0.5, 0.6) is 0 Å². The van der Waals surface area contributed by atoms with Gasteiger partial charge in [0, 0.05) is 24.8 Å². The van der Waals surface area contributed by atoms with Crippen molar-refractivity contribution in [3.8, 4) is 0 Å². The van der Waals surface area contributed by atoms with Crippen LogP contribution in [0, 0.1) is 5.92 Å². The van der Waals surface area contributed by atoms with Crippen molar-refractivity contribution in [1.82, 2.24) is 9.80 Å². The van der Waals surface area contributed by atoms with Gasteiger partial charge >= 0.3 is 5.97 Å². The van der Waals surface area contributed by atoms with Crippen LogP contribution < -0.4 is 0 Å². The zero-order valence-corrected chi connectivity index (χ0v) is 12.4. The summed E-state index contributed by atoms with van der Waals surface area (Å²) in [6, 6.07) is -0.304. The van der Waals surface area contributed by atoms with E-state index >= 15 is 0 Å². The molecule has 7 heteroatoms. The summed E-state index contributed by atoms with van der Waals surface area (Å²) >= 11 is 1.62. The van der Waals surface area contributed by atoms with Crippen molar-refractivity contribution >= 4 is 23.6 Å². The fourth-order valence-corrected chi connectivity index (χ4v) is 2.99. The van der Waals surface area contributed by atoms with Crippen molar-refractivity contribution in [1.29, 1.82) is 0 Å². The molecule has 110 valence electrons. The molecule has 0 saturated carbocycles. The van der Waals surface area contributed by atoms with Crippen LogP contribution in [-0.4, -0.2) is 82.7 Å². The van der Waals surface area contributed by atoms with Gasteiger partial charge in [0.15, 0.2) is 0 Å². The molecule has 1 amide bonds. The number of amides is 1. The van der Waals surface area contributed by atoms with E-state index in [0.29, 0.717) is 6.54 Å². The number of hydrogen-bond donors (Lipinski definition) is 2. The molecule has 0 aromatic heterocycles. The van der Waals surface area contributed by atoms with Crippen LogP contribution in [0.25, 0.3) is 0 Å². The van der Waals surface area contributed by atoms with Crippen molar-refractivity contribution in [3.05, 3.63) is 0 Å². The molecule has 6 nitrogen and oxygen atoms in total. The summed E-state index contributed by atoms with van der Waals surface area (Å²) in [5.41, 5.74) is 0. The number of hydrogen-bond acceptors (Lipinski definition) is 5. The molecule has 0 aromatic rings. The standard InChI is InChI=1S/C12H22N2O4S/c1-8(7-19-3)12(18)14-4-9(10(15)5-14)13(2)6-11(16)17/h8-10,15H,4-7H2,1-3H3,(H,16,17)/t8-,9-,10+/m0/s1. The number of nitrogens with zero attached hydrogens (tertiary/aromatic N) is 2. The summed E-state index contributed by atoms with van der Waals surface area (Å²) in [7, 11) is 1.65. The monoisotopic (exact) mass is 290 g/mol. The van der Waals surface area contributed by atoms with Gasteiger partial charge in [-0.3, -0.25) is 14.5 Å². The molecule has 1 heterocycles. The van der Waals surface area contributed by atoms with E-state index in [2.05, 4.69) is 0 Å². The van der Waals surface area contributed by atoms with Crippen molar-refractivity contribution in [2.75, 3.05) is 38.7 Å². The summed E-state index contributed by atoms with van der Waals surface area (Å²) in [5, 5.41) is 18.7. The molecule has 2 N–H and O–H groups in total. The van der Waals surface area contributed by atoms with Crippen LogP contribution >= 0.6 is 11.8 Å². The normalized spacial score (nSPS) is 24.8. The zero-order chi connectivity index (χ0) is 14.6. The third-order valence-electron chi connectivity index (χ3n) is 3.36. The average molecular weight is 290 g/mol. The Kier molecular flexibility index (Phi) is 6.09. The lowest BCUT2D eigenvalue weighted by atomic mass is 10.2. The van der Waals surface area contributed by atoms with Crippen molar-refractivity contribution < 1.29 is 19.8 Å². The van der Waals surface area contributed by atoms with Crippen LogP contribution in [0.15, 0.2) is 0 Å². The predicted molar refractivity (Wildman–Crippen MR) is 74.2 cm³/mol. The Morgan fingerprint density at radius 3 is 2.63 bits per heavy atom. The number of carboxylic acids is 1. The average Bonchev–Trinajstić information content (AvgIpc) is 2.69. The molecule has 3 atom stereocenters. The number of carbonyl (C=O) groups excluding carboxylic acids is 1. The van der Waals surface area contributed by atoms with Gasteiger partial charge in [-0.15, -0.1) is 0 Å². The number of aliphatic hydroxyl groups is 1. The molecule has 0 bridgehead atoms. The second-order valence-corrected chi connectivity index (χ2v) is 5.95. The highest BCUT2D eigenvalue weighted by molar-refractivity contribution is 7.98. The Labute approximate surface area is 117 Å². The summed E-state index contributed by atoms with van der Waals surface area (Å²) < 4.78 is 0. The van der Waals surface area contributed by atoms with E-state index in [1.54, 1.807) is 28.6 Å². The SMILES string of the molecule is CSC[C@H](C)C(=O)N1C[C@@H](O)[C@@H](N(C)CC(=O)O)C1. The third-order valence-corrected chi connectivity index (χ3v) is 4.19. The van der Waals surface area contributed by atoms with Gasteiger partial charge in [0.25, 0.3) is 0 Å². The van der Waals surface area contributed by atoms with Gasteiger partial charge in [0.05, 0.1) is 18.7 Å². The maximum absolute atomic E-state index is 12.1. The minimum Gasteiger partial charge on any atom is -0.480 e. The van der Waals surface area contributed by atoms with Crippen LogP contribution in [0.3, 0.4) is 0 Å². The summed E-state index contributed by atoms with van der Waals surface area (Å²) in [6.07, 6.45) is 1.27. The molecule has 1 fully saturated rings. The number of β-amino-alcohol motifs (C(OH)–C–C–N with tert-alkyl or cyclic N) is 1. The molecule has 1 rings (SSSR count). The van der Waals surface area contributed by atoms with Crippen LogP contribution in [0.4, 0.5) is 0 Å². The number of carbonyl (C=O) groups is 2. The van der Waals surface area contributed by atoms with E-state index in [-0.39, 0.29) is 31.0 Å². The van der Waals surface area contributed by atoms with E-state index in [9.17, 15) is 14.7 Å². The smallest absolute Gasteiger partial charge is 0.317 e. The number of likely N-dealkylation sites (N-methyl/N-ethyl adjacent to an activating group) is 1. The van der Waals surface area contributed by atoms with Gasteiger partial charge in [-0.05, 0) is 13.3 Å². The van der Waals surface area contributed by atoms with Crippen LogP contribution in [0.1, 0.15) is 6.92 Å². The predicted octanol–water partition coefficient (Wildman–Crippen LogP) is -0.426. The van der Waals surface area contributed by atoms with E-state index in [4.69, 9.17) is 5.11 Å². The first-order chi connectivity index (χ1) is 8.86. The lowest BCUT2D eigenvalue weighted by Gasteiger charge is -2.25. The Morgan fingerprint density at radius 1 is 1.47 bits per heavy atom. The number of carboxylic acid groups (broad SMARTS) is 1. The zero-order valence-electron chi connectivity index (χ0n) is 11.6. The second kappa shape index (κ2) is 7.12. The topological polar surface area (TPSA) is 81.1 Å². The molecule has 0 spiro atoms. The van der Waals surface area contributed by atoms with E-state index < -0.39 is 12.1 Å². The minimum atomic E-state index is -0.935. The Bertz CT molecular complexity index is 340. The Morgan fingerprint density at radius 2 is 2.11 bits per heavy atom. The minimum absolute atomic E-state index is 0.0274. The van der Waals surface area contributed by atoms with Gasteiger partial charge in [0.1, 0.15) is 0 Å². The molecule has 1 aliphatic heterocycles. The van der Waals surface area contributed by atoms with Crippen LogP contribution in [0.2, 0.25) is 0 Å². The molecule has 0 radical (unpaired) electrons. The lowest BCUT2D eigenvalue weighted by molar-refractivity contribution is -0.138. The summed E-state index contributed by atoms with van der Waals surface area (Å²) in [5.74, 6) is -0.235. The van der Waals surface area contributed by atoms with Gasteiger partial charge in [-0.1, -0.05) is 6.92 Å². The fraction of sp³-hybridized carbons (Fsp3) is 0.833. The Hall–Kier alpha value is -0.790. The van der Waals surface area contributed by atoms with Gasteiger partial charge in [-0.2, -0.15) is 11.8 Å². The molecule has 0 aromatic carbocycles. The first-order valence-electron chi connectivity index (χ1n) is 6.24. The number of likely N-dealkylation sites (tertiary alicyclic amines) is 1. The first kappa shape index (κ1) is 16.3. The van der Waals surface area contributed by atoms with E-state index in [1.807, 2.05) is 13.2 Å². The van der Waals surface area contributed by atoms with Crippen molar-refractivity contribution in [2.24, 2.45) is 5.92 Å². The Balaban J connectivity index is 2.59. The molecule has 0 unspecified atom stereocenters. The molecule has 1 saturated heterocycles. The number of thioether (sulfide) groups is 1. The highest BCUT2D eigenvalue weighted by Crippen LogP contribution is 2.18. The molecule has 19 heavy (non-hydrogen) atoms. The molecule has 0 aliphatic carbocycles. The highest BCUT2D eigenvalue weighted by Gasteiger charge is 2.37. The third kappa shape index (κ3) is 4.36. The number of aliphatic carboxylic acids is 1. The molecule has 1 aliphatic rings. The van der Waals surface area contributed by atoms with Gasteiger partial charge < -0.3 is 15.1 Å². The summed E-state index contributed by atoms with van der Waals surface area (Å²) in [4.78, 5) is 26.0. The lowest BCUT2D eigenvalue weighted by Crippen LogP contribution is -2.43. The second-order valence-electron chi connectivity index (χ2n) is 5.04. The highest BCUT2D eigenvalue weighted by atomic mass is 32.2. The van der Waals surface area contributed by atoms with Gasteiger partial charge in [0.2, 0.25) is 5.91 Å². The number of rotatable bonds is 6. The van der Waals surface area contributed by atoms with E-state index in [1.165, 1.54) is 0 Å². The fourth-order valence-electron chi connectivity index (χ4n) is 2.35. The largest absolute Gasteiger partial charge is 0.480 e. The van der Waals surface area contributed by atoms with E-state index in [0.717, 1.165) is 5.75 Å². The van der Waals surface area contributed by atoms with Crippen molar-refractivity contribution in [2.45, 2.75) is 19.1 Å². The first-order valence-corrected chi connectivity index (χ1v) is 7.64. The summed E-state index contributed by atoms with van der Waals surface area (Å²) in [6.45, 7) is 2.41. The number of aliphatic hydroxyl groups excluding tert-OH is 1. The molecular weight excluding hydrogens is 268 g/mol. The molecular formula is C12H22N2O4S. The van der Waals surface area contributed by atoms with Crippen molar-refractivity contribution in [3.63, 3.8) is 0 Å².